The van der Waals surface area contributed by atoms with Crippen molar-refractivity contribution in [2.24, 2.45) is 5.92 Å². The first-order valence-electron chi connectivity index (χ1n) is 5.38. The second-order valence-corrected chi connectivity index (χ2v) is 4.17. The predicted octanol–water partition coefficient (Wildman–Crippen LogP) is 1.34. The Balaban J connectivity index is 1.93. The average molecular weight is 220 g/mol. The van der Waals surface area contributed by atoms with Crippen LogP contribution in [-0.2, 0) is 17.6 Å². The van der Waals surface area contributed by atoms with Crippen molar-refractivity contribution in [3.05, 3.63) is 29.3 Å². The Morgan fingerprint density at radius 1 is 1.50 bits per heavy atom. The molecule has 0 bridgehead atoms. The van der Waals surface area contributed by atoms with Crippen molar-refractivity contribution in [2.75, 3.05) is 19.4 Å². The topological polar surface area (TPSA) is 64.3 Å². The number of carbonyl (C=O) groups excluding carboxylic acids is 1. The molecule has 0 aromatic heterocycles. The van der Waals surface area contributed by atoms with Gasteiger partial charge in [0.05, 0.1) is 7.11 Å². The first-order valence-corrected chi connectivity index (χ1v) is 5.38. The molecular formula is C12H16N2O2. The summed E-state index contributed by atoms with van der Waals surface area (Å²) in [4.78, 5) is 10.9. The van der Waals surface area contributed by atoms with E-state index in [0.29, 0.717) is 12.5 Å². The minimum absolute atomic E-state index is 0.365. The van der Waals surface area contributed by atoms with E-state index in [2.05, 4.69) is 16.1 Å². The van der Waals surface area contributed by atoms with Gasteiger partial charge < -0.3 is 15.8 Å². The summed E-state index contributed by atoms with van der Waals surface area (Å²) in [6.07, 6.45) is 1.61. The third-order valence-corrected chi connectivity index (χ3v) is 2.97. The molecule has 0 saturated heterocycles. The summed E-state index contributed by atoms with van der Waals surface area (Å²) in [6, 6.07) is 6.02. The van der Waals surface area contributed by atoms with Gasteiger partial charge in [-0.1, -0.05) is 6.07 Å². The minimum Gasteiger partial charge on any atom is -0.453 e. The van der Waals surface area contributed by atoms with Gasteiger partial charge in [-0.2, -0.15) is 0 Å². The van der Waals surface area contributed by atoms with Crippen LogP contribution < -0.4 is 11.1 Å². The molecule has 3 N–H and O–H groups in total. The summed E-state index contributed by atoms with van der Waals surface area (Å²) in [5.74, 6) is 0.455. The van der Waals surface area contributed by atoms with E-state index in [0.717, 1.165) is 18.5 Å². The summed E-state index contributed by atoms with van der Waals surface area (Å²) in [6.45, 7) is 0.654. The molecule has 1 unspecified atom stereocenters. The predicted molar refractivity (Wildman–Crippen MR) is 62.2 cm³/mol. The Bertz CT molecular complexity index is 404. The van der Waals surface area contributed by atoms with E-state index in [1.807, 2.05) is 12.1 Å². The van der Waals surface area contributed by atoms with Crippen molar-refractivity contribution < 1.29 is 9.53 Å². The second kappa shape index (κ2) is 4.43. The highest BCUT2D eigenvalue weighted by Crippen LogP contribution is 2.27. The molecule has 0 aliphatic heterocycles. The van der Waals surface area contributed by atoms with Crippen LogP contribution in [0.4, 0.5) is 10.5 Å². The Morgan fingerprint density at radius 2 is 2.25 bits per heavy atom. The Morgan fingerprint density at radius 3 is 3.00 bits per heavy atom. The number of nitrogens with one attached hydrogen (secondary N) is 1. The number of carbonyl (C=O) groups is 1. The van der Waals surface area contributed by atoms with Crippen LogP contribution in [-0.4, -0.2) is 19.7 Å². The molecule has 4 nitrogen and oxygen atoms in total. The van der Waals surface area contributed by atoms with Gasteiger partial charge in [-0.15, -0.1) is 0 Å². The van der Waals surface area contributed by atoms with Crippen molar-refractivity contribution in [3.63, 3.8) is 0 Å². The maximum atomic E-state index is 10.9. The van der Waals surface area contributed by atoms with Crippen LogP contribution in [0.25, 0.3) is 0 Å². The maximum absolute atomic E-state index is 10.9. The lowest BCUT2D eigenvalue weighted by Gasteiger charge is -2.09. The van der Waals surface area contributed by atoms with E-state index in [-0.39, 0.29) is 6.09 Å². The molecule has 1 aliphatic rings. The van der Waals surface area contributed by atoms with Gasteiger partial charge in [0.25, 0.3) is 0 Å². The number of rotatable bonds is 2. The quantitative estimate of drug-likeness (QED) is 0.739. The standard InChI is InChI=1S/C12H16N2O2/c1-16-12(15)14-7-8-4-9-2-3-11(13)6-10(9)5-8/h2-3,6,8H,4-5,7,13H2,1H3,(H,14,15). The fourth-order valence-electron chi connectivity index (χ4n) is 2.17. The Labute approximate surface area is 94.8 Å². The second-order valence-electron chi connectivity index (χ2n) is 4.17. The molecule has 2 rings (SSSR count). The van der Waals surface area contributed by atoms with Crippen molar-refractivity contribution in [2.45, 2.75) is 12.8 Å². The average Bonchev–Trinajstić information content (AvgIpc) is 2.67. The SMILES string of the molecule is COC(=O)NCC1Cc2ccc(N)cc2C1. The fourth-order valence-corrected chi connectivity index (χ4v) is 2.17. The summed E-state index contributed by atoms with van der Waals surface area (Å²) in [5, 5.41) is 2.73. The van der Waals surface area contributed by atoms with Crippen LogP contribution >= 0.6 is 0 Å². The van der Waals surface area contributed by atoms with Gasteiger partial charge in [0, 0.05) is 12.2 Å². The number of alkyl carbamates (subject to hydrolysis) is 1. The van der Waals surface area contributed by atoms with Crippen molar-refractivity contribution in [3.8, 4) is 0 Å². The number of ether oxygens (including phenoxy) is 1. The molecule has 16 heavy (non-hydrogen) atoms. The van der Waals surface area contributed by atoms with E-state index >= 15 is 0 Å². The number of anilines is 1. The van der Waals surface area contributed by atoms with Gasteiger partial charge in [-0.05, 0) is 42.0 Å². The third-order valence-electron chi connectivity index (χ3n) is 2.97. The molecular weight excluding hydrogens is 204 g/mol. The lowest BCUT2D eigenvalue weighted by molar-refractivity contribution is 0.169. The number of nitrogens with two attached hydrogens (primary N) is 1. The first kappa shape index (κ1) is 10.8. The number of benzene rings is 1. The zero-order chi connectivity index (χ0) is 11.5. The zero-order valence-corrected chi connectivity index (χ0v) is 9.32. The number of nitrogen functional groups attached to an aromatic ring is 1. The Kier molecular flexibility index (Phi) is 2.99. The van der Waals surface area contributed by atoms with Crippen LogP contribution in [0.3, 0.4) is 0 Å². The van der Waals surface area contributed by atoms with Crippen molar-refractivity contribution in [1.29, 1.82) is 0 Å². The zero-order valence-electron chi connectivity index (χ0n) is 9.32. The van der Waals surface area contributed by atoms with E-state index in [4.69, 9.17) is 5.73 Å². The molecule has 0 heterocycles. The van der Waals surface area contributed by atoms with Crippen LogP contribution in [0, 0.1) is 5.92 Å². The Hall–Kier alpha value is -1.71. The van der Waals surface area contributed by atoms with Crippen LogP contribution in [0.15, 0.2) is 18.2 Å². The number of hydrogen-bond acceptors (Lipinski definition) is 3. The smallest absolute Gasteiger partial charge is 0.406 e. The summed E-state index contributed by atoms with van der Waals surface area (Å²) >= 11 is 0. The molecule has 1 aliphatic carbocycles. The summed E-state index contributed by atoms with van der Waals surface area (Å²) < 4.78 is 4.54. The van der Waals surface area contributed by atoms with Gasteiger partial charge >= 0.3 is 6.09 Å². The molecule has 0 spiro atoms. The molecule has 1 amide bonds. The largest absolute Gasteiger partial charge is 0.453 e. The van der Waals surface area contributed by atoms with Gasteiger partial charge in [-0.3, -0.25) is 0 Å². The molecule has 0 radical (unpaired) electrons. The van der Waals surface area contributed by atoms with Crippen LogP contribution in [0.5, 0.6) is 0 Å². The molecule has 86 valence electrons. The van der Waals surface area contributed by atoms with Gasteiger partial charge in [0.2, 0.25) is 0 Å². The molecule has 1 aromatic rings. The number of fused-ring (bicyclic) bond motifs is 1. The van der Waals surface area contributed by atoms with Crippen molar-refractivity contribution in [1.82, 2.24) is 5.32 Å². The minimum atomic E-state index is -0.365. The maximum Gasteiger partial charge on any atom is 0.406 e. The number of methoxy groups -OCH3 is 1. The van der Waals surface area contributed by atoms with E-state index in [9.17, 15) is 4.79 Å². The monoisotopic (exact) mass is 220 g/mol. The molecule has 1 atom stereocenters. The highest BCUT2D eigenvalue weighted by molar-refractivity contribution is 5.66. The lowest BCUT2D eigenvalue weighted by atomic mass is 10.1. The lowest BCUT2D eigenvalue weighted by Crippen LogP contribution is -2.29. The van der Waals surface area contributed by atoms with Gasteiger partial charge in [-0.25, -0.2) is 4.79 Å². The number of hydrogen-bond donors (Lipinski definition) is 2. The molecule has 0 saturated carbocycles. The van der Waals surface area contributed by atoms with E-state index in [1.165, 1.54) is 18.2 Å². The molecule has 4 heteroatoms. The summed E-state index contributed by atoms with van der Waals surface area (Å²) in [5.41, 5.74) is 9.18. The van der Waals surface area contributed by atoms with Crippen LogP contribution in [0.1, 0.15) is 11.1 Å². The van der Waals surface area contributed by atoms with Gasteiger partial charge in [0.15, 0.2) is 0 Å². The number of amides is 1. The third kappa shape index (κ3) is 2.27. The molecule has 1 aromatic carbocycles. The summed E-state index contributed by atoms with van der Waals surface area (Å²) in [7, 11) is 1.37. The highest BCUT2D eigenvalue weighted by Gasteiger charge is 2.21. The van der Waals surface area contributed by atoms with Gasteiger partial charge in [0.1, 0.15) is 0 Å². The van der Waals surface area contributed by atoms with E-state index < -0.39 is 0 Å². The highest BCUT2D eigenvalue weighted by atomic mass is 16.5. The van der Waals surface area contributed by atoms with Crippen molar-refractivity contribution >= 4 is 11.8 Å². The first-order chi connectivity index (χ1) is 7.69. The van der Waals surface area contributed by atoms with Crippen LogP contribution in [0.2, 0.25) is 0 Å². The van der Waals surface area contributed by atoms with E-state index in [1.54, 1.807) is 0 Å². The fraction of sp³-hybridized carbons (Fsp3) is 0.417. The molecule has 0 fully saturated rings. The normalized spacial score (nSPS) is 17.9.